The van der Waals surface area contributed by atoms with Crippen LogP contribution in [0.1, 0.15) is 0 Å². The molecule has 0 unspecified atom stereocenters. The zero-order valence-corrected chi connectivity index (χ0v) is 9.21. The molecule has 0 atom stereocenters. The van der Waals surface area contributed by atoms with Gasteiger partial charge in [0.05, 0.1) is 11.2 Å². The maximum atomic E-state index is 12.1. The van der Waals surface area contributed by atoms with E-state index in [1.54, 1.807) is 18.2 Å². The number of halogens is 3. The van der Waals surface area contributed by atoms with Gasteiger partial charge in [0.1, 0.15) is 0 Å². The van der Waals surface area contributed by atoms with Crippen molar-refractivity contribution in [2.45, 2.75) is 6.43 Å². The minimum atomic E-state index is -3.08. The average molecular weight is 257 g/mol. The number of pyridine rings is 1. The van der Waals surface area contributed by atoms with Crippen molar-refractivity contribution in [2.75, 3.05) is 5.32 Å². The molecule has 0 radical (unpaired) electrons. The molecule has 0 saturated carbocycles. The number of nitrogens with one attached hydrogen (secondary N) is 1. The van der Waals surface area contributed by atoms with Crippen molar-refractivity contribution in [3.05, 3.63) is 35.5 Å². The number of aromatic nitrogens is 1. The van der Waals surface area contributed by atoms with Crippen LogP contribution in [0.3, 0.4) is 0 Å². The third kappa shape index (κ3) is 2.50. The van der Waals surface area contributed by atoms with E-state index in [9.17, 15) is 13.6 Å². The molecule has 1 heterocycles. The fourth-order valence-electron chi connectivity index (χ4n) is 1.44. The molecule has 2 rings (SSSR count). The summed E-state index contributed by atoms with van der Waals surface area (Å²) in [6.07, 6.45) is -1.57. The van der Waals surface area contributed by atoms with Gasteiger partial charge >= 0.3 is 6.43 Å². The fourth-order valence-corrected chi connectivity index (χ4v) is 1.66. The summed E-state index contributed by atoms with van der Waals surface area (Å²) in [6, 6.07) is 6.45. The highest BCUT2D eigenvalue weighted by Crippen LogP contribution is 2.26. The predicted molar refractivity (Wildman–Crippen MR) is 61.4 cm³/mol. The van der Waals surface area contributed by atoms with E-state index in [1.165, 1.54) is 12.3 Å². The van der Waals surface area contributed by atoms with Crippen LogP contribution >= 0.6 is 11.6 Å². The largest absolute Gasteiger partial charge is 0.319 e. The number of carbonyl (C=O) groups excluding carboxylic acids is 1. The molecule has 2 aromatic rings. The van der Waals surface area contributed by atoms with Crippen LogP contribution in [0.15, 0.2) is 30.5 Å². The molecule has 0 aliphatic rings. The molecule has 1 aromatic heterocycles. The van der Waals surface area contributed by atoms with E-state index < -0.39 is 12.3 Å². The predicted octanol–water partition coefficient (Wildman–Crippen LogP) is 3.09. The minimum absolute atomic E-state index is 0.179. The number of alkyl halides is 2. The fraction of sp³-hybridized carbons (Fsp3) is 0.0909. The number of nitrogens with zero attached hydrogens (tertiary/aromatic N) is 1. The van der Waals surface area contributed by atoms with Crippen LogP contribution in [-0.2, 0) is 4.79 Å². The molecule has 6 heteroatoms. The van der Waals surface area contributed by atoms with E-state index in [0.29, 0.717) is 15.9 Å². The first kappa shape index (κ1) is 11.7. The summed E-state index contributed by atoms with van der Waals surface area (Å²) in [5.74, 6) is -1.38. The Kier molecular flexibility index (Phi) is 3.19. The number of hydrogen-bond acceptors (Lipinski definition) is 2. The number of amides is 1. The van der Waals surface area contributed by atoms with Crippen molar-refractivity contribution in [1.82, 2.24) is 4.98 Å². The van der Waals surface area contributed by atoms with Gasteiger partial charge in [-0.1, -0.05) is 17.7 Å². The van der Waals surface area contributed by atoms with Crippen LogP contribution in [0.5, 0.6) is 0 Å². The van der Waals surface area contributed by atoms with Gasteiger partial charge in [-0.15, -0.1) is 0 Å². The molecule has 88 valence electrons. The first-order chi connectivity index (χ1) is 8.08. The van der Waals surface area contributed by atoms with Gasteiger partial charge in [-0.25, -0.2) is 0 Å². The highest BCUT2D eigenvalue weighted by Gasteiger charge is 2.16. The lowest BCUT2D eigenvalue weighted by molar-refractivity contribution is -0.126. The number of fused-ring (bicyclic) bond motifs is 1. The molecule has 17 heavy (non-hydrogen) atoms. The number of rotatable bonds is 2. The Balaban J connectivity index is 2.49. The Morgan fingerprint density at radius 1 is 1.41 bits per heavy atom. The number of carbonyl (C=O) groups is 1. The molecule has 1 aromatic carbocycles. The quantitative estimate of drug-likeness (QED) is 0.897. The van der Waals surface area contributed by atoms with Crippen molar-refractivity contribution in [1.29, 1.82) is 0 Å². The number of hydrogen-bond donors (Lipinski definition) is 1. The summed E-state index contributed by atoms with van der Waals surface area (Å²) in [5, 5.41) is 3.10. The molecule has 0 spiro atoms. The minimum Gasteiger partial charge on any atom is -0.319 e. The third-order valence-electron chi connectivity index (χ3n) is 2.13. The summed E-state index contributed by atoms with van der Waals surface area (Å²) in [5.41, 5.74) is 0.601. The van der Waals surface area contributed by atoms with Crippen LogP contribution in [0, 0.1) is 0 Å². The zero-order chi connectivity index (χ0) is 12.4. The zero-order valence-electron chi connectivity index (χ0n) is 8.45. The van der Waals surface area contributed by atoms with Gasteiger partial charge in [0, 0.05) is 16.6 Å². The van der Waals surface area contributed by atoms with Crippen molar-refractivity contribution in [3.8, 4) is 0 Å². The van der Waals surface area contributed by atoms with Gasteiger partial charge in [-0.05, 0) is 18.2 Å². The molecule has 0 aliphatic carbocycles. The number of anilines is 1. The van der Waals surface area contributed by atoms with Crippen LogP contribution < -0.4 is 5.32 Å². The standard InChI is InChI=1S/C11H7ClF2N2O/c12-7-4-6-2-1-3-15-9(6)8(5-7)16-11(17)10(13)14/h1-5,10H,(H,16,17). The summed E-state index contributed by atoms with van der Waals surface area (Å²) < 4.78 is 24.3. The molecular formula is C11H7ClF2N2O. The topological polar surface area (TPSA) is 42.0 Å². The van der Waals surface area contributed by atoms with Gasteiger partial charge in [0.25, 0.3) is 5.91 Å². The average Bonchev–Trinajstić information content (AvgIpc) is 2.28. The normalized spacial score (nSPS) is 10.8. The van der Waals surface area contributed by atoms with E-state index >= 15 is 0 Å². The van der Waals surface area contributed by atoms with E-state index in [2.05, 4.69) is 10.3 Å². The molecule has 1 amide bonds. The highest BCUT2D eigenvalue weighted by molar-refractivity contribution is 6.32. The van der Waals surface area contributed by atoms with Gasteiger partial charge in [0.2, 0.25) is 0 Å². The second-order valence-corrected chi connectivity index (χ2v) is 3.75. The van der Waals surface area contributed by atoms with Crippen LogP contribution in [0.25, 0.3) is 10.9 Å². The molecule has 0 saturated heterocycles. The Morgan fingerprint density at radius 3 is 2.88 bits per heavy atom. The van der Waals surface area contributed by atoms with Gasteiger partial charge in [-0.2, -0.15) is 8.78 Å². The molecule has 0 bridgehead atoms. The second kappa shape index (κ2) is 4.63. The smallest absolute Gasteiger partial charge is 0.315 e. The summed E-state index contributed by atoms with van der Waals surface area (Å²) >= 11 is 5.82. The highest BCUT2D eigenvalue weighted by atomic mass is 35.5. The second-order valence-electron chi connectivity index (χ2n) is 3.32. The van der Waals surface area contributed by atoms with E-state index in [-0.39, 0.29) is 5.69 Å². The van der Waals surface area contributed by atoms with Crippen LogP contribution in [0.2, 0.25) is 5.02 Å². The van der Waals surface area contributed by atoms with Crippen molar-refractivity contribution < 1.29 is 13.6 Å². The lowest BCUT2D eigenvalue weighted by Gasteiger charge is -2.08. The van der Waals surface area contributed by atoms with Gasteiger partial charge in [0.15, 0.2) is 0 Å². The van der Waals surface area contributed by atoms with E-state index in [4.69, 9.17) is 11.6 Å². The van der Waals surface area contributed by atoms with E-state index in [0.717, 1.165) is 0 Å². The maximum absolute atomic E-state index is 12.1. The molecule has 1 N–H and O–H groups in total. The molecular weight excluding hydrogens is 250 g/mol. The summed E-state index contributed by atoms with van der Waals surface area (Å²) in [4.78, 5) is 15.0. The van der Waals surface area contributed by atoms with Crippen LogP contribution in [-0.4, -0.2) is 17.3 Å². The Labute approximate surface area is 100 Å². The SMILES string of the molecule is O=C(Nc1cc(Cl)cc2cccnc12)C(F)F. The Bertz CT molecular complexity index is 574. The molecule has 0 aliphatic heterocycles. The van der Waals surface area contributed by atoms with Gasteiger partial charge in [-0.3, -0.25) is 9.78 Å². The van der Waals surface area contributed by atoms with Crippen LogP contribution in [0.4, 0.5) is 14.5 Å². The monoisotopic (exact) mass is 256 g/mol. The summed E-state index contributed by atoms with van der Waals surface area (Å²) in [7, 11) is 0. The first-order valence-electron chi connectivity index (χ1n) is 4.71. The van der Waals surface area contributed by atoms with Gasteiger partial charge < -0.3 is 5.32 Å². The lowest BCUT2D eigenvalue weighted by atomic mass is 10.2. The summed E-state index contributed by atoms with van der Waals surface area (Å²) in [6.45, 7) is 0. The Hall–Kier alpha value is -1.75. The van der Waals surface area contributed by atoms with Crippen molar-refractivity contribution >= 4 is 34.1 Å². The maximum Gasteiger partial charge on any atom is 0.315 e. The van der Waals surface area contributed by atoms with E-state index in [1.807, 2.05) is 0 Å². The molecule has 3 nitrogen and oxygen atoms in total. The lowest BCUT2D eigenvalue weighted by Crippen LogP contribution is -2.20. The van der Waals surface area contributed by atoms with Crippen molar-refractivity contribution in [3.63, 3.8) is 0 Å². The third-order valence-corrected chi connectivity index (χ3v) is 2.34. The Morgan fingerprint density at radius 2 is 2.18 bits per heavy atom. The van der Waals surface area contributed by atoms with Crippen molar-refractivity contribution in [2.24, 2.45) is 0 Å². The first-order valence-corrected chi connectivity index (χ1v) is 5.09. The number of benzene rings is 1. The molecule has 0 fully saturated rings.